The summed E-state index contributed by atoms with van der Waals surface area (Å²) in [7, 11) is 0. The first-order chi connectivity index (χ1) is 8.38. The summed E-state index contributed by atoms with van der Waals surface area (Å²) >= 11 is 2.07. The number of unbranched alkanes of at least 4 members (excludes halogenated alkanes) is 5. The minimum absolute atomic E-state index is 0.800. The minimum atomic E-state index is 0.800. The van der Waals surface area contributed by atoms with Crippen LogP contribution in [-0.2, 0) is 0 Å². The van der Waals surface area contributed by atoms with E-state index in [9.17, 15) is 0 Å². The first kappa shape index (κ1) is 15.4. The highest BCUT2D eigenvalue weighted by Gasteiger charge is 2.23. The highest BCUT2D eigenvalue weighted by atomic mass is 32.2. The summed E-state index contributed by atoms with van der Waals surface area (Å²) < 4.78 is 0. The standard InChI is InChI=1S/C15H31NS/c1-3-4-5-6-7-10-13-16-14-11-8-9-12-15(14)17-2/h14-16H,3-13H2,1-2H3. The molecule has 0 amide bonds. The summed E-state index contributed by atoms with van der Waals surface area (Å²) in [5.74, 6) is 0. The van der Waals surface area contributed by atoms with Crippen LogP contribution >= 0.6 is 11.8 Å². The molecule has 102 valence electrons. The summed E-state index contributed by atoms with van der Waals surface area (Å²) in [6.45, 7) is 3.53. The van der Waals surface area contributed by atoms with Gasteiger partial charge in [0.1, 0.15) is 0 Å². The van der Waals surface area contributed by atoms with Crippen LogP contribution in [0.5, 0.6) is 0 Å². The van der Waals surface area contributed by atoms with Crippen molar-refractivity contribution >= 4 is 11.8 Å². The van der Waals surface area contributed by atoms with E-state index in [1.807, 2.05) is 0 Å². The third-order valence-corrected chi connectivity index (χ3v) is 5.11. The van der Waals surface area contributed by atoms with Crippen LogP contribution < -0.4 is 5.32 Å². The molecule has 1 rings (SSSR count). The van der Waals surface area contributed by atoms with Crippen molar-refractivity contribution < 1.29 is 0 Å². The molecule has 17 heavy (non-hydrogen) atoms. The van der Waals surface area contributed by atoms with Crippen molar-refractivity contribution in [3.05, 3.63) is 0 Å². The highest BCUT2D eigenvalue weighted by molar-refractivity contribution is 7.99. The van der Waals surface area contributed by atoms with Crippen molar-refractivity contribution in [1.82, 2.24) is 5.32 Å². The van der Waals surface area contributed by atoms with Gasteiger partial charge in [0.05, 0.1) is 0 Å². The molecule has 0 bridgehead atoms. The Hall–Kier alpha value is 0.310. The Morgan fingerprint density at radius 2 is 1.71 bits per heavy atom. The smallest absolute Gasteiger partial charge is 0.0198 e. The van der Waals surface area contributed by atoms with Gasteiger partial charge in [0.15, 0.2) is 0 Å². The SMILES string of the molecule is CCCCCCCCNC1CCCCC1SC. The predicted molar refractivity (Wildman–Crippen MR) is 80.9 cm³/mol. The van der Waals surface area contributed by atoms with E-state index in [0.717, 1.165) is 11.3 Å². The molecular formula is C15H31NS. The molecule has 0 radical (unpaired) electrons. The van der Waals surface area contributed by atoms with E-state index in [4.69, 9.17) is 0 Å². The van der Waals surface area contributed by atoms with Crippen molar-refractivity contribution in [3.63, 3.8) is 0 Å². The number of rotatable bonds is 9. The zero-order chi connectivity index (χ0) is 12.3. The maximum absolute atomic E-state index is 3.79. The van der Waals surface area contributed by atoms with E-state index in [1.54, 1.807) is 0 Å². The first-order valence-corrected chi connectivity index (χ1v) is 8.93. The van der Waals surface area contributed by atoms with Crippen LogP contribution in [0.1, 0.15) is 71.1 Å². The second-order valence-corrected chi connectivity index (χ2v) is 6.46. The van der Waals surface area contributed by atoms with Crippen LogP contribution in [0.3, 0.4) is 0 Å². The molecule has 1 nitrogen and oxygen atoms in total. The van der Waals surface area contributed by atoms with E-state index in [1.165, 1.54) is 70.8 Å². The molecular weight excluding hydrogens is 226 g/mol. The van der Waals surface area contributed by atoms with E-state index < -0.39 is 0 Å². The van der Waals surface area contributed by atoms with E-state index >= 15 is 0 Å². The van der Waals surface area contributed by atoms with Gasteiger partial charge in [-0.05, 0) is 32.1 Å². The van der Waals surface area contributed by atoms with Crippen LogP contribution in [0, 0.1) is 0 Å². The molecule has 0 aromatic heterocycles. The lowest BCUT2D eigenvalue weighted by molar-refractivity contribution is 0.380. The van der Waals surface area contributed by atoms with Crippen molar-refractivity contribution in [2.45, 2.75) is 82.4 Å². The lowest BCUT2D eigenvalue weighted by atomic mass is 9.95. The van der Waals surface area contributed by atoms with Crippen LogP contribution in [0.2, 0.25) is 0 Å². The lowest BCUT2D eigenvalue weighted by Gasteiger charge is -2.31. The van der Waals surface area contributed by atoms with Crippen LogP contribution in [0.4, 0.5) is 0 Å². The van der Waals surface area contributed by atoms with Gasteiger partial charge < -0.3 is 5.32 Å². The molecule has 1 saturated carbocycles. The Balaban J connectivity index is 1.97. The molecule has 2 atom stereocenters. The van der Waals surface area contributed by atoms with Gasteiger partial charge in [-0.25, -0.2) is 0 Å². The molecule has 0 spiro atoms. The molecule has 0 aliphatic heterocycles. The molecule has 0 aromatic rings. The third kappa shape index (κ3) is 6.71. The first-order valence-electron chi connectivity index (χ1n) is 7.64. The van der Waals surface area contributed by atoms with E-state index in [0.29, 0.717) is 0 Å². The molecule has 1 fully saturated rings. The van der Waals surface area contributed by atoms with Crippen molar-refractivity contribution in [3.8, 4) is 0 Å². The normalized spacial score (nSPS) is 25.1. The molecule has 2 unspecified atom stereocenters. The molecule has 0 aromatic carbocycles. The van der Waals surface area contributed by atoms with Gasteiger partial charge >= 0.3 is 0 Å². The van der Waals surface area contributed by atoms with Crippen molar-refractivity contribution in [1.29, 1.82) is 0 Å². The zero-order valence-corrected chi connectivity index (χ0v) is 12.7. The van der Waals surface area contributed by atoms with E-state index in [2.05, 4.69) is 30.3 Å². The second kappa shape index (κ2) is 10.3. The van der Waals surface area contributed by atoms with Crippen molar-refractivity contribution in [2.24, 2.45) is 0 Å². The maximum atomic E-state index is 3.79. The number of nitrogens with one attached hydrogen (secondary N) is 1. The minimum Gasteiger partial charge on any atom is -0.313 e. The van der Waals surface area contributed by atoms with Crippen LogP contribution in [0.25, 0.3) is 0 Å². The summed E-state index contributed by atoms with van der Waals surface area (Å²) in [6, 6.07) is 0.800. The largest absolute Gasteiger partial charge is 0.313 e. The maximum Gasteiger partial charge on any atom is 0.0198 e. The molecule has 0 heterocycles. The van der Waals surface area contributed by atoms with Gasteiger partial charge in [-0.3, -0.25) is 0 Å². The Labute approximate surface area is 113 Å². The fourth-order valence-electron chi connectivity index (χ4n) is 2.81. The lowest BCUT2D eigenvalue weighted by Crippen LogP contribution is -2.40. The number of hydrogen-bond acceptors (Lipinski definition) is 2. The Kier molecular flexibility index (Phi) is 9.27. The topological polar surface area (TPSA) is 12.0 Å². The predicted octanol–water partition coefficient (Wildman–Crippen LogP) is 4.61. The number of thioether (sulfide) groups is 1. The Bertz CT molecular complexity index is 172. The van der Waals surface area contributed by atoms with Gasteiger partial charge in [-0.15, -0.1) is 0 Å². The highest BCUT2D eigenvalue weighted by Crippen LogP contribution is 2.27. The van der Waals surface area contributed by atoms with Crippen LogP contribution in [-0.4, -0.2) is 24.1 Å². The van der Waals surface area contributed by atoms with Crippen molar-refractivity contribution in [2.75, 3.05) is 12.8 Å². The van der Waals surface area contributed by atoms with Gasteiger partial charge in [0, 0.05) is 11.3 Å². The Morgan fingerprint density at radius 3 is 2.47 bits per heavy atom. The van der Waals surface area contributed by atoms with Gasteiger partial charge in [-0.2, -0.15) is 11.8 Å². The van der Waals surface area contributed by atoms with Crippen LogP contribution in [0.15, 0.2) is 0 Å². The molecule has 2 heteroatoms. The average molecular weight is 257 g/mol. The number of hydrogen-bond donors (Lipinski definition) is 1. The average Bonchev–Trinajstić information content (AvgIpc) is 2.38. The van der Waals surface area contributed by atoms with Gasteiger partial charge in [-0.1, -0.05) is 51.9 Å². The molecule has 1 N–H and O–H groups in total. The third-order valence-electron chi connectivity index (χ3n) is 3.94. The summed E-state index contributed by atoms with van der Waals surface area (Å²) in [4.78, 5) is 0. The molecule has 1 aliphatic rings. The van der Waals surface area contributed by atoms with Gasteiger partial charge in [0.25, 0.3) is 0 Å². The fraction of sp³-hybridized carbons (Fsp3) is 1.00. The summed E-state index contributed by atoms with van der Waals surface area (Å²) in [6.07, 6.45) is 16.4. The second-order valence-electron chi connectivity index (χ2n) is 5.39. The fourth-order valence-corrected chi connectivity index (χ4v) is 3.77. The molecule has 1 aliphatic carbocycles. The summed E-state index contributed by atoms with van der Waals surface area (Å²) in [5, 5.41) is 4.67. The summed E-state index contributed by atoms with van der Waals surface area (Å²) in [5.41, 5.74) is 0. The molecule has 0 saturated heterocycles. The zero-order valence-electron chi connectivity index (χ0n) is 11.8. The monoisotopic (exact) mass is 257 g/mol. The van der Waals surface area contributed by atoms with Gasteiger partial charge in [0.2, 0.25) is 0 Å². The quantitative estimate of drug-likeness (QED) is 0.605. The Morgan fingerprint density at radius 1 is 1.00 bits per heavy atom. The van der Waals surface area contributed by atoms with E-state index in [-0.39, 0.29) is 0 Å².